The van der Waals surface area contributed by atoms with E-state index in [1.54, 1.807) is 0 Å². The van der Waals surface area contributed by atoms with Gasteiger partial charge in [-0.05, 0) is 18.3 Å². The maximum atomic E-state index is 10.6. The smallest absolute Gasteiger partial charge is 0.320 e. The molecule has 0 amide bonds. The molecule has 0 aromatic heterocycles. The van der Waals surface area contributed by atoms with Crippen LogP contribution in [0.2, 0.25) is 0 Å². The molecule has 3 nitrogen and oxygen atoms in total. The van der Waals surface area contributed by atoms with Gasteiger partial charge in [-0.1, -0.05) is 26.2 Å². The molecular weight excluding hydrogens is 154 g/mol. The van der Waals surface area contributed by atoms with Crippen LogP contribution >= 0.6 is 0 Å². The zero-order valence-corrected chi connectivity index (χ0v) is 7.49. The molecule has 1 saturated carbocycles. The van der Waals surface area contributed by atoms with Crippen LogP contribution in [0.4, 0.5) is 0 Å². The standard InChI is InChI=1S/C9H17NO2/c1-2-6-4-3-5-7(6)8(10)9(11)12/h6-8H,2-5,10H2,1H3,(H,11,12). The second kappa shape index (κ2) is 3.90. The highest BCUT2D eigenvalue weighted by Crippen LogP contribution is 2.35. The van der Waals surface area contributed by atoms with Crippen LogP contribution < -0.4 is 5.73 Å². The van der Waals surface area contributed by atoms with E-state index in [9.17, 15) is 4.79 Å². The first kappa shape index (κ1) is 9.52. The number of carboxylic acids is 1. The topological polar surface area (TPSA) is 63.3 Å². The first-order chi connectivity index (χ1) is 5.66. The molecule has 3 unspecified atom stereocenters. The van der Waals surface area contributed by atoms with E-state index in [1.807, 2.05) is 0 Å². The Morgan fingerprint density at radius 3 is 2.83 bits per heavy atom. The normalized spacial score (nSPS) is 31.8. The van der Waals surface area contributed by atoms with Crippen molar-refractivity contribution in [3.63, 3.8) is 0 Å². The monoisotopic (exact) mass is 171 g/mol. The third-order valence-corrected chi connectivity index (χ3v) is 2.99. The van der Waals surface area contributed by atoms with E-state index in [1.165, 1.54) is 0 Å². The molecule has 1 fully saturated rings. The summed E-state index contributed by atoms with van der Waals surface area (Å²) in [5, 5.41) is 8.73. The van der Waals surface area contributed by atoms with E-state index < -0.39 is 12.0 Å². The molecule has 0 aliphatic heterocycles. The molecule has 0 aromatic rings. The number of hydrogen-bond donors (Lipinski definition) is 2. The summed E-state index contributed by atoms with van der Waals surface area (Å²) in [5.74, 6) is -0.0936. The van der Waals surface area contributed by atoms with E-state index in [-0.39, 0.29) is 5.92 Å². The lowest BCUT2D eigenvalue weighted by Gasteiger charge is -2.21. The van der Waals surface area contributed by atoms with Crippen molar-refractivity contribution >= 4 is 5.97 Å². The van der Waals surface area contributed by atoms with Crippen molar-refractivity contribution in [2.24, 2.45) is 17.6 Å². The van der Waals surface area contributed by atoms with Crippen LogP contribution in [0.25, 0.3) is 0 Å². The molecule has 1 rings (SSSR count). The van der Waals surface area contributed by atoms with Crippen molar-refractivity contribution < 1.29 is 9.90 Å². The van der Waals surface area contributed by atoms with Gasteiger partial charge in [0.2, 0.25) is 0 Å². The van der Waals surface area contributed by atoms with E-state index in [2.05, 4.69) is 6.92 Å². The Morgan fingerprint density at radius 1 is 1.67 bits per heavy atom. The predicted octanol–water partition coefficient (Wildman–Crippen LogP) is 1.22. The summed E-state index contributed by atoms with van der Waals surface area (Å²) < 4.78 is 0. The van der Waals surface area contributed by atoms with Gasteiger partial charge in [-0.3, -0.25) is 4.79 Å². The SMILES string of the molecule is CCC1CCCC1C(N)C(=O)O. The average molecular weight is 171 g/mol. The maximum Gasteiger partial charge on any atom is 0.320 e. The third kappa shape index (κ3) is 1.78. The lowest BCUT2D eigenvalue weighted by Crippen LogP contribution is -2.39. The van der Waals surface area contributed by atoms with E-state index in [0.717, 1.165) is 25.7 Å². The molecule has 0 aromatic carbocycles. The molecule has 3 atom stereocenters. The van der Waals surface area contributed by atoms with Crippen LogP contribution in [-0.4, -0.2) is 17.1 Å². The minimum absolute atomic E-state index is 0.215. The van der Waals surface area contributed by atoms with Crippen molar-refractivity contribution in [1.29, 1.82) is 0 Å². The Bertz CT molecular complexity index is 170. The van der Waals surface area contributed by atoms with Gasteiger partial charge < -0.3 is 10.8 Å². The number of nitrogens with two attached hydrogens (primary N) is 1. The quantitative estimate of drug-likeness (QED) is 0.671. The fraction of sp³-hybridized carbons (Fsp3) is 0.889. The van der Waals surface area contributed by atoms with Crippen molar-refractivity contribution in [2.45, 2.75) is 38.6 Å². The molecule has 0 spiro atoms. The summed E-state index contributed by atoms with van der Waals surface area (Å²) in [7, 11) is 0. The summed E-state index contributed by atoms with van der Waals surface area (Å²) in [6.07, 6.45) is 4.35. The fourth-order valence-corrected chi connectivity index (χ4v) is 2.23. The summed E-state index contributed by atoms with van der Waals surface area (Å²) in [6.45, 7) is 2.11. The summed E-state index contributed by atoms with van der Waals surface area (Å²) in [6, 6.07) is -0.641. The van der Waals surface area contributed by atoms with E-state index in [0.29, 0.717) is 5.92 Å². The molecule has 1 aliphatic rings. The number of hydrogen-bond acceptors (Lipinski definition) is 2. The summed E-state index contributed by atoms with van der Waals surface area (Å²) >= 11 is 0. The lowest BCUT2D eigenvalue weighted by molar-refractivity contribution is -0.140. The molecule has 12 heavy (non-hydrogen) atoms. The van der Waals surface area contributed by atoms with Crippen LogP contribution in [0.1, 0.15) is 32.6 Å². The molecule has 3 N–H and O–H groups in total. The van der Waals surface area contributed by atoms with Gasteiger partial charge in [-0.2, -0.15) is 0 Å². The maximum absolute atomic E-state index is 10.6. The summed E-state index contributed by atoms with van der Waals surface area (Å²) in [5.41, 5.74) is 5.59. The van der Waals surface area contributed by atoms with Crippen LogP contribution in [-0.2, 0) is 4.79 Å². The highest BCUT2D eigenvalue weighted by atomic mass is 16.4. The van der Waals surface area contributed by atoms with Gasteiger partial charge in [0.05, 0.1) is 0 Å². The van der Waals surface area contributed by atoms with Crippen molar-refractivity contribution in [3.8, 4) is 0 Å². The molecular formula is C9H17NO2. The van der Waals surface area contributed by atoms with Crippen LogP contribution in [0, 0.1) is 11.8 Å². The molecule has 70 valence electrons. The molecule has 0 bridgehead atoms. The largest absolute Gasteiger partial charge is 0.480 e. The number of carbonyl (C=O) groups is 1. The zero-order valence-electron chi connectivity index (χ0n) is 7.49. The molecule has 1 aliphatic carbocycles. The minimum atomic E-state index is -0.847. The molecule has 0 radical (unpaired) electrons. The number of aliphatic carboxylic acids is 1. The summed E-state index contributed by atoms with van der Waals surface area (Å²) in [4.78, 5) is 10.6. The molecule has 0 saturated heterocycles. The van der Waals surface area contributed by atoms with Crippen molar-refractivity contribution in [2.75, 3.05) is 0 Å². The van der Waals surface area contributed by atoms with Crippen molar-refractivity contribution in [3.05, 3.63) is 0 Å². The Labute approximate surface area is 72.9 Å². The van der Waals surface area contributed by atoms with Crippen LogP contribution in [0.5, 0.6) is 0 Å². The fourth-order valence-electron chi connectivity index (χ4n) is 2.23. The van der Waals surface area contributed by atoms with Crippen LogP contribution in [0.15, 0.2) is 0 Å². The van der Waals surface area contributed by atoms with Gasteiger partial charge in [-0.15, -0.1) is 0 Å². The second-order valence-corrected chi connectivity index (χ2v) is 3.63. The van der Waals surface area contributed by atoms with Gasteiger partial charge in [0, 0.05) is 0 Å². The van der Waals surface area contributed by atoms with E-state index >= 15 is 0 Å². The first-order valence-electron chi connectivity index (χ1n) is 4.65. The minimum Gasteiger partial charge on any atom is -0.480 e. The van der Waals surface area contributed by atoms with Gasteiger partial charge >= 0.3 is 5.97 Å². The molecule has 0 heterocycles. The van der Waals surface area contributed by atoms with Gasteiger partial charge in [0.25, 0.3) is 0 Å². The van der Waals surface area contributed by atoms with Crippen LogP contribution in [0.3, 0.4) is 0 Å². The van der Waals surface area contributed by atoms with Gasteiger partial charge in [0.1, 0.15) is 6.04 Å². The predicted molar refractivity (Wildman–Crippen MR) is 46.7 cm³/mol. The zero-order chi connectivity index (χ0) is 9.14. The Morgan fingerprint density at radius 2 is 2.33 bits per heavy atom. The number of rotatable bonds is 3. The Hall–Kier alpha value is -0.570. The lowest BCUT2D eigenvalue weighted by atomic mass is 9.88. The number of carboxylic acid groups (broad SMARTS) is 1. The van der Waals surface area contributed by atoms with Gasteiger partial charge in [-0.25, -0.2) is 0 Å². The van der Waals surface area contributed by atoms with Crippen molar-refractivity contribution in [1.82, 2.24) is 0 Å². The average Bonchev–Trinajstić information content (AvgIpc) is 2.49. The second-order valence-electron chi connectivity index (χ2n) is 3.63. The van der Waals surface area contributed by atoms with Gasteiger partial charge in [0.15, 0.2) is 0 Å². The third-order valence-electron chi connectivity index (χ3n) is 2.99. The highest BCUT2D eigenvalue weighted by molar-refractivity contribution is 5.73. The van der Waals surface area contributed by atoms with E-state index in [4.69, 9.17) is 10.8 Å². The Kier molecular flexibility index (Phi) is 3.09. The first-order valence-corrected chi connectivity index (χ1v) is 4.65. The molecule has 3 heteroatoms. The Balaban J connectivity index is 2.55. The highest BCUT2D eigenvalue weighted by Gasteiger charge is 2.33.